The summed E-state index contributed by atoms with van der Waals surface area (Å²) in [5, 5.41) is 2.56. The molecule has 0 N–H and O–H groups in total. The second-order valence-corrected chi connectivity index (χ2v) is 12.3. The molecule has 0 fully saturated rings. The van der Waals surface area contributed by atoms with Crippen LogP contribution in [0.1, 0.15) is 22.3 Å². The van der Waals surface area contributed by atoms with E-state index in [2.05, 4.69) is 182 Å². The minimum absolute atomic E-state index is 0.909. The molecule has 1 heteroatoms. The lowest BCUT2D eigenvalue weighted by Gasteiger charge is -2.12. The van der Waals surface area contributed by atoms with Crippen molar-refractivity contribution in [1.29, 1.82) is 0 Å². The summed E-state index contributed by atoms with van der Waals surface area (Å²) in [4.78, 5) is 0. The molecule has 0 spiro atoms. The van der Waals surface area contributed by atoms with Gasteiger partial charge in [-0.3, -0.25) is 0 Å². The van der Waals surface area contributed by atoms with Gasteiger partial charge in [-0.05, 0) is 112 Å². The summed E-state index contributed by atoms with van der Waals surface area (Å²) in [7, 11) is 0. The maximum absolute atomic E-state index is 2.37. The Labute approximate surface area is 271 Å². The number of aromatic nitrogens is 1. The highest BCUT2D eigenvalue weighted by molar-refractivity contribution is 6.10. The molecule has 220 valence electrons. The predicted octanol–water partition coefficient (Wildman–Crippen LogP) is 12.0. The fraction of sp³-hybridized carbons (Fsp3) is 0.0667. The van der Waals surface area contributed by atoms with E-state index in [9.17, 15) is 0 Å². The fourth-order valence-corrected chi connectivity index (χ4v) is 6.84. The number of nitrogens with zero attached hydrogens (tertiary/aromatic N) is 1. The Hall–Kier alpha value is -5.66. The van der Waals surface area contributed by atoms with Gasteiger partial charge in [0.15, 0.2) is 0 Å². The summed E-state index contributed by atoms with van der Waals surface area (Å²) in [6.07, 6.45) is 0.909. The highest BCUT2D eigenvalue weighted by Gasteiger charge is 2.13. The Bertz CT molecular complexity index is 2320. The molecule has 1 heterocycles. The molecule has 0 aliphatic rings. The molecule has 1 aromatic heterocycles. The van der Waals surface area contributed by atoms with Crippen LogP contribution in [-0.4, -0.2) is 4.57 Å². The molecule has 1 nitrogen and oxygen atoms in total. The van der Waals surface area contributed by atoms with E-state index < -0.39 is 0 Å². The van der Waals surface area contributed by atoms with Gasteiger partial charge >= 0.3 is 0 Å². The molecule has 8 aromatic rings. The van der Waals surface area contributed by atoms with E-state index in [1.165, 1.54) is 83.1 Å². The Kier molecular flexibility index (Phi) is 7.08. The van der Waals surface area contributed by atoms with Crippen LogP contribution in [0.2, 0.25) is 0 Å². The molecule has 46 heavy (non-hydrogen) atoms. The summed E-state index contributed by atoms with van der Waals surface area (Å²) >= 11 is 0. The van der Waals surface area contributed by atoms with Crippen molar-refractivity contribution < 1.29 is 0 Å². The lowest BCUT2D eigenvalue weighted by molar-refractivity contribution is 1.18. The number of hydrogen-bond acceptors (Lipinski definition) is 0. The number of rotatable bonds is 6. The van der Waals surface area contributed by atoms with Crippen LogP contribution in [-0.2, 0) is 6.42 Å². The first-order valence-corrected chi connectivity index (χ1v) is 16.1. The number of para-hydroxylation sites is 2. The van der Waals surface area contributed by atoms with Crippen LogP contribution in [0.3, 0.4) is 0 Å². The average molecular weight is 590 g/mol. The van der Waals surface area contributed by atoms with E-state index >= 15 is 0 Å². The molecule has 0 radical (unpaired) electrons. The van der Waals surface area contributed by atoms with Crippen LogP contribution in [0.15, 0.2) is 164 Å². The summed E-state index contributed by atoms with van der Waals surface area (Å²) in [5.74, 6) is 0. The molecular weight excluding hydrogens is 555 g/mol. The molecule has 0 aliphatic carbocycles. The van der Waals surface area contributed by atoms with E-state index in [0.717, 1.165) is 6.42 Å². The molecule has 8 rings (SSSR count). The van der Waals surface area contributed by atoms with Crippen LogP contribution >= 0.6 is 0 Å². The number of fused-ring (bicyclic) bond motifs is 3. The maximum atomic E-state index is 2.37. The standard InChI is InChI=1S/C45H35N/c1-31-10-6-7-13-40(31)42-29-37(21-16-32(42)2)35-22-17-33(18-23-35)28-34-19-24-36(25-20-34)38-26-27-45-43(30-38)41-14-8-9-15-44(41)46(45)39-11-4-3-5-12-39/h3-27,29-30H,28H2,1-2H3. The molecule has 0 saturated heterocycles. The largest absolute Gasteiger partial charge is 0.309 e. The third-order valence-corrected chi connectivity index (χ3v) is 9.34. The Balaban J connectivity index is 1.04. The second kappa shape index (κ2) is 11.7. The molecule has 0 atom stereocenters. The van der Waals surface area contributed by atoms with Crippen LogP contribution in [0.4, 0.5) is 0 Å². The smallest absolute Gasteiger partial charge is 0.0541 e. The van der Waals surface area contributed by atoms with Crippen molar-refractivity contribution >= 4 is 21.8 Å². The van der Waals surface area contributed by atoms with Gasteiger partial charge < -0.3 is 4.57 Å². The van der Waals surface area contributed by atoms with Gasteiger partial charge in [-0.15, -0.1) is 0 Å². The normalized spacial score (nSPS) is 11.3. The highest BCUT2D eigenvalue weighted by Crippen LogP contribution is 2.35. The SMILES string of the molecule is Cc1ccccc1-c1cc(-c2ccc(Cc3ccc(-c4ccc5c(c4)c4ccccc4n5-c4ccccc4)cc3)cc2)ccc1C. The van der Waals surface area contributed by atoms with Gasteiger partial charge in [0.05, 0.1) is 11.0 Å². The molecule has 0 saturated carbocycles. The van der Waals surface area contributed by atoms with Gasteiger partial charge in [0.2, 0.25) is 0 Å². The average Bonchev–Trinajstić information content (AvgIpc) is 3.44. The van der Waals surface area contributed by atoms with Crippen molar-refractivity contribution in [1.82, 2.24) is 4.57 Å². The minimum atomic E-state index is 0.909. The van der Waals surface area contributed by atoms with Gasteiger partial charge in [0.1, 0.15) is 0 Å². The zero-order valence-electron chi connectivity index (χ0n) is 26.2. The van der Waals surface area contributed by atoms with Crippen LogP contribution in [0.5, 0.6) is 0 Å². The topological polar surface area (TPSA) is 4.93 Å². The van der Waals surface area contributed by atoms with Gasteiger partial charge in [-0.2, -0.15) is 0 Å². The number of hydrogen-bond donors (Lipinski definition) is 0. The third-order valence-electron chi connectivity index (χ3n) is 9.34. The van der Waals surface area contributed by atoms with Crippen LogP contribution < -0.4 is 0 Å². The maximum Gasteiger partial charge on any atom is 0.0541 e. The van der Waals surface area contributed by atoms with Gasteiger partial charge in [0.25, 0.3) is 0 Å². The quantitative estimate of drug-likeness (QED) is 0.182. The Morgan fingerprint density at radius 3 is 1.65 bits per heavy atom. The third kappa shape index (κ3) is 5.10. The highest BCUT2D eigenvalue weighted by atomic mass is 15.0. The lowest BCUT2D eigenvalue weighted by atomic mass is 9.92. The fourth-order valence-electron chi connectivity index (χ4n) is 6.84. The molecule has 7 aromatic carbocycles. The first-order valence-electron chi connectivity index (χ1n) is 16.1. The van der Waals surface area contributed by atoms with Crippen LogP contribution in [0.25, 0.3) is 60.9 Å². The Morgan fingerprint density at radius 2 is 0.935 bits per heavy atom. The van der Waals surface area contributed by atoms with Crippen molar-refractivity contribution in [3.8, 4) is 39.1 Å². The van der Waals surface area contributed by atoms with Crippen molar-refractivity contribution in [2.24, 2.45) is 0 Å². The summed E-state index contributed by atoms with van der Waals surface area (Å²) in [6.45, 7) is 4.38. The first kappa shape index (κ1) is 27.9. The zero-order valence-corrected chi connectivity index (χ0v) is 26.2. The monoisotopic (exact) mass is 589 g/mol. The van der Waals surface area contributed by atoms with Crippen LogP contribution in [0, 0.1) is 13.8 Å². The van der Waals surface area contributed by atoms with E-state index in [-0.39, 0.29) is 0 Å². The van der Waals surface area contributed by atoms with Gasteiger partial charge in [-0.1, -0.05) is 127 Å². The lowest BCUT2D eigenvalue weighted by Crippen LogP contribution is -1.92. The summed E-state index contributed by atoms with van der Waals surface area (Å²) in [5.41, 5.74) is 16.5. The second-order valence-electron chi connectivity index (χ2n) is 12.3. The summed E-state index contributed by atoms with van der Waals surface area (Å²) in [6, 6.07) is 59.8. The van der Waals surface area contributed by atoms with E-state index in [0.29, 0.717) is 0 Å². The minimum Gasteiger partial charge on any atom is -0.309 e. The van der Waals surface area contributed by atoms with E-state index in [1.807, 2.05) is 0 Å². The molecule has 0 bridgehead atoms. The van der Waals surface area contributed by atoms with Crippen molar-refractivity contribution in [2.45, 2.75) is 20.3 Å². The van der Waals surface area contributed by atoms with E-state index in [4.69, 9.17) is 0 Å². The van der Waals surface area contributed by atoms with Gasteiger partial charge in [-0.25, -0.2) is 0 Å². The number of benzene rings is 7. The van der Waals surface area contributed by atoms with Crippen molar-refractivity contribution in [2.75, 3.05) is 0 Å². The first-order chi connectivity index (χ1) is 22.6. The van der Waals surface area contributed by atoms with Crippen molar-refractivity contribution in [3.63, 3.8) is 0 Å². The predicted molar refractivity (Wildman–Crippen MR) is 196 cm³/mol. The van der Waals surface area contributed by atoms with Crippen molar-refractivity contribution in [3.05, 3.63) is 186 Å². The molecular formula is C45H35N. The molecule has 0 amide bonds. The molecule has 0 aliphatic heterocycles. The van der Waals surface area contributed by atoms with E-state index in [1.54, 1.807) is 0 Å². The Morgan fingerprint density at radius 1 is 0.391 bits per heavy atom. The summed E-state index contributed by atoms with van der Waals surface area (Å²) < 4.78 is 2.37. The van der Waals surface area contributed by atoms with Gasteiger partial charge in [0, 0.05) is 16.5 Å². The number of aryl methyl sites for hydroxylation is 2. The zero-order chi connectivity index (χ0) is 31.0. The molecule has 0 unspecified atom stereocenters.